The van der Waals surface area contributed by atoms with E-state index in [2.05, 4.69) is 35.1 Å². The number of piperazine rings is 1. The highest BCUT2D eigenvalue weighted by Gasteiger charge is 2.32. The molecule has 0 bridgehead atoms. The van der Waals surface area contributed by atoms with Gasteiger partial charge in [0.25, 0.3) is 11.7 Å². The fraction of sp³-hybridized carbons (Fsp3) is 0.625. The number of quaternary nitrogens is 1. The Bertz CT molecular complexity index is 441. The maximum absolute atomic E-state index is 12.1. The molecule has 0 spiro atoms. The quantitative estimate of drug-likeness (QED) is 0.759. The molecule has 1 amide bonds. The number of rotatable bonds is 5. The Morgan fingerprint density at radius 1 is 1.33 bits per heavy atom. The summed E-state index contributed by atoms with van der Waals surface area (Å²) < 4.78 is 0. The van der Waals surface area contributed by atoms with Gasteiger partial charge in [-0.2, -0.15) is 0 Å². The summed E-state index contributed by atoms with van der Waals surface area (Å²) in [6.45, 7) is 11.0. The fourth-order valence-electron chi connectivity index (χ4n) is 2.69. The fourth-order valence-corrected chi connectivity index (χ4v) is 2.69. The van der Waals surface area contributed by atoms with Crippen molar-refractivity contribution in [3.05, 3.63) is 24.4 Å². The van der Waals surface area contributed by atoms with Crippen LogP contribution in [-0.2, 0) is 4.79 Å². The zero-order chi connectivity index (χ0) is 15.2. The number of anilines is 1. The summed E-state index contributed by atoms with van der Waals surface area (Å²) in [7, 11) is 0. The molecule has 0 radical (unpaired) electrons. The largest absolute Gasteiger partial charge is 0.351 e. The van der Waals surface area contributed by atoms with Crippen molar-refractivity contribution < 1.29 is 14.7 Å². The van der Waals surface area contributed by atoms with Crippen LogP contribution in [0.4, 0.5) is 5.82 Å². The molecular formula is C16H28N4O+2. The molecule has 5 heteroatoms. The van der Waals surface area contributed by atoms with Gasteiger partial charge in [0.15, 0.2) is 6.04 Å². The second kappa shape index (κ2) is 7.41. The molecule has 1 aliphatic rings. The first kappa shape index (κ1) is 15.8. The van der Waals surface area contributed by atoms with Gasteiger partial charge in [0.1, 0.15) is 26.2 Å². The van der Waals surface area contributed by atoms with E-state index in [1.54, 1.807) is 0 Å². The van der Waals surface area contributed by atoms with Gasteiger partial charge in [-0.3, -0.25) is 9.69 Å². The lowest BCUT2D eigenvalue weighted by Crippen LogP contribution is -3.19. The number of H-pyrrole nitrogens is 1. The van der Waals surface area contributed by atoms with Gasteiger partial charge < -0.3 is 10.2 Å². The van der Waals surface area contributed by atoms with Crippen molar-refractivity contribution in [2.75, 3.05) is 37.6 Å². The summed E-state index contributed by atoms with van der Waals surface area (Å²) in [5, 5.41) is 3.04. The van der Waals surface area contributed by atoms with Crippen LogP contribution in [0.25, 0.3) is 0 Å². The van der Waals surface area contributed by atoms with E-state index in [0.29, 0.717) is 5.92 Å². The molecule has 1 atom stereocenters. The highest BCUT2D eigenvalue weighted by molar-refractivity contribution is 5.79. The Kier molecular flexibility index (Phi) is 5.56. The maximum atomic E-state index is 12.1. The number of nitrogens with one attached hydrogen (secondary N) is 3. The van der Waals surface area contributed by atoms with Crippen LogP contribution in [0.5, 0.6) is 0 Å². The van der Waals surface area contributed by atoms with Crippen LogP contribution in [0.1, 0.15) is 20.8 Å². The lowest BCUT2D eigenvalue weighted by Gasteiger charge is -2.31. The Balaban J connectivity index is 1.82. The summed E-state index contributed by atoms with van der Waals surface area (Å²) in [5.74, 6) is 1.84. The maximum Gasteiger partial charge on any atom is 0.278 e. The van der Waals surface area contributed by atoms with Crippen molar-refractivity contribution in [2.24, 2.45) is 5.92 Å². The molecule has 2 heterocycles. The molecule has 1 saturated heterocycles. The Morgan fingerprint density at radius 3 is 2.62 bits per heavy atom. The Morgan fingerprint density at radius 2 is 2.05 bits per heavy atom. The molecule has 1 aromatic rings. The van der Waals surface area contributed by atoms with Crippen molar-refractivity contribution in [2.45, 2.75) is 26.8 Å². The topological polar surface area (TPSA) is 50.9 Å². The van der Waals surface area contributed by atoms with Gasteiger partial charge in [-0.25, -0.2) is 4.98 Å². The third kappa shape index (κ3) is 4.43. The van der Waals surface area contributed by atoms with Gasteiger partial charge in [-0.05, 0) is 18.9 Å². The standard InChI is InChI=1S/C16H26N4O/c1-13(2)12-18-16(21)14(3)19-8-10-20(11-9-19)15-6-4-5-7-17-15/h4-7,13-14H,8-12H2,1-3H3,(H,18,21)/p+2/t14-/m0/s1. The number of aromatic nitrogens is 1. The minimum atomic E-state index is 0.0330. The molecular weight excluding hydrogens is 264 g/mol. The lowest BCUT2D eigenvalue weighted by molar-refractivity contribution is -0.914. The van der Waals surface area contributed by atoms with Crippen LogP contribution in [0.2, 0.25) is 0 Å². The molecule has 0 aromatic carbocycles. The van der Waals surface area contributed by atoms with Crippen molar-refractivity contribution in [3.8, 4) is 0 Å². The highest BCUT2D eigenvalue weighted by Crippen LogP contribution is 2.04. The predicted octanol–water partition coefficient (Wildman–Crippen LogP) is -0.634. The van der Waals surface area contributed by atoms with E-state index in [1.807, 2.05) is 25.3 Å². The van der Waals surface area contributed by atoms with E-state index in [4.69, 9.17) is 0 Å². The normalized spacial score (nSPS) is 17.8. The summed E-state index contributed by atoms with van der Waals surface area (Å²) >= 11 is 0. The van der Waals surface area contributed by atoms with Gasteiger partial charge in [-0.15, -0.1) is 0 Å². The van der Waals surface area contributed by atoms with Gasteiger partial charge in [0.2, 0.25) is 0 Å². The first-order valence-corrected chi connectivity index (χ1v) is 7.92. The molecule has 1 aliphatic heterocycles. The van der Waals surface area contributed by atoms with Crippen LogP contribution in [0.3, 0.4) is 0 Å². The Labute approximate surface area is 127 Å². The number of aromatic amines is 1. The van der Waals surface area contributed by atoms with Crippen molar-refractivity contribution in [1.29, 1.82) is 0 Å². The van der Waals surface area contributed by atoms with Gasteiger partial charge >= 0.3 is 0 Å². The number of pyridine rings is 1. The molecule has 0 saturated carbocycles. The number of hydrogen-bond donors (Lipinski definition) is 2. The average Bonchev–Trinajstić information content (AvgIpc) is 2.53. The smallest absolute Gasteiger partial charge is 0.278 e. The second-order valence-electron chi connectivity index (χ2n) is 6.25. The van der Waals surface area contributed by atoms with E-state index < -0.39 is 0 Å². The zero-order valence-corrected chi connectivity index (χ0v) is 13.4. The summed E-state index contributed by atoms with van der Waals surface area (Å²) in [6.07, 6.45) is 1.95. The molecule has 1 aromatic heterocycles. The van der Waals surface area contributed by atoms with E-state index in [-0.39, 0.29) is 11.9 Å². The first-order chi connectivity index (χ1) is 10.1. The van der Waals surface area contributed by atoms with Gasteiger partial charge in [-0.1, -0.05) is 19.9 Å². The van der Waals surface area contributed by atoms with E-state index in [0.717, 1.165) is 38.5 Å². The third-order valence-electron chi connectivity index (χ3n) is 4.13. The number of hydrogen-bond acceptors (Lipinski definition) is 2. The SMILES string of the molecule is CC(C)CNC(=O)[C@H](C)[NH+]1CCN(c2cccc[nH+]2)CC1. The molecule has 0 aliphatic carbocycles. The molecule has 1 fully saturated rings. The molecule has 0 unspecified atom stereocenters. The van der Waals surface area contributed by atoms with E-state index in [1.165, 1.54) is 4.90 Å². The minimum absolute atomic E-state index is 0.0330. The molecule has 2 rings (SSSR count). The highest BCUT2D eigenvalue weighted by atomic mass is 16.2. The third-order valence-corrected chi connectivity index (χ3v) is 4.13. The van der Waals surface area contributed by atoms with Crippen molar-refractivity contribution in [3.63, 3.8) is 0 Å². The van der Waals surface area contributed by atoms with E-state index in [9.17, 15) is 4.79 Å². The Hall–Kier alpha value is -1.62. The van der Waals surface area contributed by atoms with Crippen LogP contribution in [-0.4, -0.2) is 44.7 Å². The first-order valence-electron chi connectivity index (χ1n) is 7.92. The number of amides is 1. The van der Waals surface area contributed by atoms with Gasteiger partial charge in [0.05, 0.1) is 6.20 Å². The van der Waals surface area contributed by atoms with Crippen LogP contribution < -0.4 is 20.1 Å². The number of carbonyl (C=O) groups is 1. The summed E-state index contributed by atoms with van der Waals surface area (Å²) in [4.78, 5) is 19.1. The monoisotopic (exact) mass is 292 g/mol. The van der Waals surface area contributed by atoms with Crippen LogP contribution in [0.15, 0.2) is 24.4 Å². The average molecular weight is 292 g/mol. The molecule has 21 heavy (non-hydrogen) atoms. The summed E-state index contributed by atoms with van der Waals surface area (Å²) in [5.41, 5.74) is 0. The van der Waals surface area contributed by atoms with E-state index >= 15 is 0 Å². The lowest BCUT2D eigenvalue weighted by atomic mass is 10.2. The predicted molar refractivity (Wildman–Crippen MR) is 83.2 cm³/mol. The van der Waals surface area contributed by atoms with Crippen LogP contribution in [0, 0.1) is 5.92 Å². The molecule has 5 nitrogen and oxygen atoms in total. The zero-order valence-electron chi connectivity index (χ0n) is 13.4. The molecule has 116 valence electrons. The second-order valence-corrected chi connectivity index (χ2v) is 6.25. The van der Waals surface area contributed by atoms with Crippen molar-refractivity contribution in [1.82, 2.24) is 5.32 Å². The summed E-state index contributed by atoms with van der Waals surface area (Å²) in [6, 6.07) is 6.17. The number of nitrogens with zero attached hydrogens (tertiary/aromatic N) is 1. The van der Waals surface area contributed by atoms with Crippen molar-refractivity contribution >= 4 is 11.7 Å². The van der Waals surface area contributed by atoms with Crippen LogP contribution >= 0.6 is 0 Å². The molecule has 3 N–H and O–H groups in total. The number of carbonyl (C=O) groups excluding carboxylic acids is 1. The van der Waals surface area contributed by atoms with Gasteiger partial charge in [0, 0.05) is 12.6 Å². The minimum Gasteiger partial charge on any atom is -0.351 e.